The molecule has 1 unspecified atom stereocenters. The number of hydrogen-bond acceptors (Lipinski definition) is 4. The third-order valence-electron chi connectivity index (χ3n) is 2.71. The van der Waals surface area contributed by atoms with Crippen LogP contribution in [0.15, 0.2) is 24.3 Å². The third kappa shape index (κ3) is 4.35. The molecule has 3 nitrogen and oxygen atoms in total. The van der Waals surface area contributed by atoms with Gasteiger partial charge in [0.1, 0.15) is 5.75 Å². The van der Waals surface area contributed by atoms with Crippen LogP contribution in [0.5, 0.6) is 5.75 Å². The number of rotatable bonds is 5. The van der Waals surface area contributed by atoms with Crippen molar-refractivity contribution in [2.24, 2.45) is 0 Å². The van der Waals surface area contributed by atoms with Crippen LogP contribution in [-0.2, 0) is 4.79 Å². The lowest BCUT2D eigenvalue weighted by atomic mass is 10.3. The van der Waals surface area contributed by atoms with Crippen molar-refractivity contribution in [1.29, 1.82) is 0 Å². The maximum absolute atomic E-state index is 12.2. The smallest absolute Gasteiger partial charge is 0.238 e. The average molecular weight is 297 g/mol. The molecule has 1 heterocycles. The van der Waals surface area contributed by atoms with Crippen molar-refractivity contribution in [3.63, 3.8) is 0 Å². The molecule has 0 aromatic heterocycles. The van der Waals surface area contributed by atoms with Gasteiger partial charge in [-0.3, -0.25) is 4.79 Å². The molecule has 1 fully saturated rings. The van der Waals surface area contributed by atoms with E-state index >= 15 is 0 Å². The maximum Gasteiger partial charge on any atom is 0.238 e. The Balaban J connectivity index is 1.99. The van der Waals surface area contributed by atoms with E-state index in [0.717, 1.165) is 35.1 Å². The number of thioether (sulfide) groups is 2. The van der Waals surface area contributed by atoms with Crippen LogP contribution in [-0.4, -0.2) is 35.0 Å². The van der Waals surface area contributed by atoms with Crippen molar-refractivity contribution in [3.05, 3.63) is 24.3 Å². The molecule has 0 radical (unpaired) electrons. The summed E-state index contributed by atoms with van der Waals surface area (Å²) >= 11 is 3.59. The first-order chi connectivity index (χ1) is 9.31. The van der Waals surface area contributed by atoms with Gasteiger partial charge in [-0.2, -0.15) is 11.8 Å². The molecule has 5 heteroatoms. The van der Waals surface area contributed by atoms with Gasteiger partial charge in [-0.1, -0.05) is 19.1 Å². The number of amides is 1. The number of benzene rings is 1. The van der Waals surface area contributed by atoms with Gasteiger partial charge in [0, 0.05) is 17.3 Å². The predicted molar refractivity (Wildman–Crippen MR) is 84.4 cm³/mol. The molecule has 1 N–H and O–H groups in total. The van der Waals surface area contributed by atoms with E-state index < -0.39 is 0 Å². The van der Waals surface area contributed by atoms with E-state index in [0.29, 0.717) is 6.61 Å². The number of nitrogens with one attached hydrogen (secondary N) is 1. The molecule has 1 amide bonds. The van der Waals surface area contributed by atoms with Gasteiger partial charge in [0.25, 0.3) is 0 Å². The zero-order valence-electron chi connectivity index (χ0n) is 11.1. The Bertz CT molecular complexity index is 420. The van der Waals surface area contributed by atoms with Crippen LogP contribution in [0.3, 0.4) is 0 Å². The van der Waals surface area contributed by atoms with Crippen LogP contribution in [0.2, 0.25) is 0 Å². The molecule has 0 aliphatic carbocycles. The minimum atomic E-state index is 0.0537. The summed E-state index contributed by atoms with van der Waals surface area (Å²) in [6.45, 7) is 2.73. The third-order valence-corrected chi connectivity index (χ3v) is 5.47. The Labute approximate surface area is 122 Å². The number of ether oxygens (including phenoxy) is 1. The second-order valence-corrected chi connectivity index (χ2v) is 6.73. The van der Waals surface area contributed by atoms with E-state index in [4.69, 9.17) is 4.74 Å². The van der Waals surface area contributed by atoms with Crippen molar-refractivity contribution < 1.29 is 9.53 Å². The van der Waals surface area contributed by atoms with E-state index in [-0.39, 0.29) is 11.2 Å². The fourth-order valence-corrected chi connectivity index (χ4v) is 4.32. The van der Waals surface area contributed by atoms with Crippen molar-refractivity contribution in [2.75, 3.05) is 29.2 Å². The summed E-state index contributed by atoms with van der Waals surface area (Å²) in [6, 6.07) is 7.63. The molecule has 1 saturated heterocycles. The quantitative estimate of drug-likeness (QED) is 0.905. The summed E-state index contributed by atoms with van der Waals surface area (Å²) < 4.78 is 5.65. The minimum absolute atomic E-state index is 0.0537. The summed E-state index contributed by atoms with van der Waals surface area (Å²) in [4.78, 5) is 12.2. The fraction of sp³-hybridized carbons (Fsp3) is 0.500. The average Bonchev–Trinajstić information content (AvgIpc) is 2.47. The molecule has 1 aliphatic rings. The van der Waals surface area contributed by atoms with E-state index in [2.05, 4.69) is 12.2 Å². The van der Waals surface area contributed by atoms with Crippen LogP contribution in [0.4, 0.5) is 5.69 Å². The van der Waals surface area contributed by atoms with Crippen molar-refractivity contribution >= 4 is 35.1 Å². The fourth-order valence-electron chi connectivity index (χ4n) is 1.76. The molecule has 1 aromatic carbocycles. The summed E-state index contributed by atoms with van der Waals surface area (Å²) in [5.74, 6) is 3.94. The Hall–Kier alpha value is -0.810. The number of hydrogen-bond donors (Lipinski definition) is 1. The van der Waals surface area contributed by atoms with E-state index in [9.17, 15) is 4.79 Å². The van der Waals surface area contributed by atoms with Crippen molar-refractivity contribution in [2.45, 2.75) is 18.6 Å². The van der Waals surface area contributed by atoms with Crippen LogP contribution in [0, 0.1) is 0 Å². The van der Waals surface area contributed by atoms with E-state index in [1.807, 2.05) is 36.0 Å². The summed E-state index contributed by atoms with van der Waals surface area (Å²) in [6.07, 6.45) is 0.956. The van der Waals surface area contributed by atoms with Gasteiger partial charge < -0.3 is 10.1 Å². The molecule has 0 spiro atoms. The van der Waals surface area contributed by atoms with Crippen LogP contribution in [0.25, 0.3) is 0 Å². The van der Waals surface area contributed by atoms with E-state index in [1.165, 1.54) is 0 Å². The minimum Gasteiger partial charge on any atom is -0.491 e. The molecule has 1 aliphatic heterocycles. The zero-order valence-corrected chi connectivity index (χ0v) is 12.7. The summed E-state index contributed by atoms with van der Waals surface area (Å²) in [5.41, 5.74) is 0.775. The van der Waals surface area contributed by atoms with Crippen molar-refractivity contribution in [1.82, 2.24) is 0 Å². The first-order valence-corrected chi connectivity index (χ1v) is 8.73. The van der Waals surface area contributed by atoms with Gasteiger partial charge in [0.2, 0.25) is 5.91 Å². The largest absolute Gasteiger partial charge is 0.491 e. The molecule has 2 rings (SSSR count). The van der Waals surface area contributed by atoms with E-state index in [1.54, 1.807) is 11.8 Å². The topological polar surface area (TPSA) is 38.3 Å². The number of anilines is 1. The van der Waals surface area contributed by atoms with Gasteiger partial charge in [-0.15, -0.1) is 11.8 Å². The molecule has 19 heavy (non-hydrogen) atoms. The highest BCUT2D eigenvalue weighted by Gasteiger charge is 2.22. The second kappa shape index (κ2) is 7.70. The zero-order chi connectivity index (χ0) is 13.5. The Morgan fingerprint density at radius 1 is 1.42 bits per heavy atom. The maximum atomic E-state index is 12.2. The Kier molecular flexibility index (Phi) is 5.92. The lowest BCUT2D eigenvalue weighted by molar-refractivity contribution is -0.115. The highest BCUT2D eigenvalue weighted by Crippen LogP contribution is 2.28. The first kappa shape index (κ1) is 14.6. The van der Waals surface area contributed by atoms with Crippen molar-refractivity contribution in [3.8, 4) is 5.75 Å². The molecule has 0 saturated carbocycles. The highest BCUT2D eigenvalue weighted by atomic mass is 32.2. The number of para-hydroxylation sites is 2. The lowest BCUT2D eigenvalue weighted by Crippen LogP contribution is -2.30. The lowest BCUT2D eigenvalue weighted by Gasteiger charge is -2.21. The van der Waals surface area contributed by atoms with Gasteiger partial charge in [0.05, 0.1) is 17.5 Å². The summed E-state index contributed by atoms with van der Waals surface area (Å²) in [7, 11) is 0. The standard InChI is InChI=1S/C14H19NO2S2/c1-2-7-17-12-6-4-3-5-11(12)15-14(16)13-10-18-8-9-19-13/h3-6,13H,2,7-10H2,1H3,(H,15,16). The summed E-state index contributed by atoms with van der Waals surface area (Å²) in [5, 5.41) is 3.04. The molecule has 104 valence electrons. The molecule has 0 bridgehead atoms. The van der Waals surface area contributed by atoms with Gasteiger partial charge in [0.15, 0.2) is 0 Å². The van der Waals surface area contributed by atoms with Crippen LogP contribution >= 0.6 is 23.5 Å². The molecular formula is C14H19NO2S2. The first-order valence-electron chi connectivity index (χ1n) is 6.53. The normalized spacial score (nSPS) is 18.9. The van der Waals surface area contributed by atoms with Gasteiger partial charge in [-0.05, 0) is 18.6 Å². The monoisotopic (exact) mass is 297 g/mol. The number of carbonyl (C=O) groups excluding carboxylic acids is 1. The molecule has 1 atom stereocenters. The van der Waals surface area contributed by atoms with Gasteiger partial charge >= 0.3 is 0 Å². The predicted octanol–water partition coefficient (Wildman–Crippen LogP) is 3.26. The van der Waals surface area contributed by atoms with Crippen LogP contribution in [0.1, 0.15) is 13.3 Å². The molecular weight excluding hydrogens is 278 g/mol. The Morgan fingerprint density at radius 3 is 3.00 bits per heavy atom. The second-order valence-electron chi connectivity index (χ2n) is 4.27. The number of carbonyl (C=O) groups is 1. The Morgan fingerprint density at radius 2 is 2.26 bits per heavy atom. The highest BCUT2D eigenvalue weighted by molar-refractivity contribution is 8.07. The van der Waals surface area contributed by atoms with Gasteiger partial charge in [-0.25, -0.2) is 0 Å². The SMILES string of the molecule is CCCOc1ccccc1NC(=O)C1CSCCS1. The van der Waals surface area contributed by atoms with Crippen LogP contribution < -0.4 is 10.1 Å². The molecule has 1 aromatic rings.